The second-order valence-electron chi connectivity index (χ2n) is 6.11. The summed E-state index contributed by atoms with van der Waals surface area (Å²) in [6, 6.07) is 13.1. The number of hydrogen-bond acceptors (Lipinski definition) is 5. The van der Waals surface area contributed by atoms with Crippen molar-refractivity contribution in [1.29, 1.82) is 0 Å². The lowest BCUT2D eigenvalue weighted by atomic mass is 10.1. The van der Waals surface area contributed by atoms with Gasteiger partial charge < -0.3 is 10.1 Å². The molecular formula is C20H21ClN4O2S. The molecule has 1 atom stereocenters. The van der Waals surface area contributed by atoms with Crippen LogP contribution in [0.25, 0.3) is 11.4 Å². The van der Waals surface area contributed by atoms with Crippen LogP contribution in [0.5, 0.6) is 5.75 Å². The number of carbonyl (C=O) groups is 1. The highest BCUT2D eigenvalue weighted by Gasteiger charge is 2.19. The Kier molecular flexibility index (Phi) is 6.59. The Morgan fingerprint density at radius 1 is 1.29 bits per heavy atom. The Morgan fingerprint density at radius 3 is 2.71 bits per heavy atom. The molecule has 3 aromatic rings. The SMILES string of the molecule is CCc1ccc(NC(=O)[C@@H](C)Sc2n[nH]c(-c3cc(Cl)ccc3OC)n2)cc1. The molecule has 0 spiro atoms. The van der Waals surface area contributed by atoms with Gasteiger partial charge in [-0.1, -0.05) is 42.4 Å². The zero-order valence-electron chi connectivity index (χ0n) is 15.8. The van der Waals surface area contributed by atoms with Crippen LogP contribution in [0.3, 0.4) is 0 Å². The third-order valence-corrected chi connectivity index (χ3v) is 5.36. The van der Waals surface area contributed by atoms with Gasteiger partial charge in [-0.25, -0.2) is 4.98 Å². The Morgan fingerprint density at radius 2 is 2.04 bits per heavy atom. The van der Waals surface area contributed by atoms with E-state index in [-0.39, 0.29) is 11.2 Å². The second-order valence-corrected chi connectivity index (χ2v) is 7.86. The lowest BCUT2D eigenvalue weighted by Crippen LogP contribution is -2.22. The number of aromatic nitrogens is 3. The van der Waals surface area contributed by atoms with E-state index in [0.29, 0.717) is 27.3 Å². The quantitative estimate of drug-likeness (QED) is 0.540. The van der Waals surface area contributed by atoms with Gasteiger partial charge in [0.05, 0.1) is 17.9 Å². The number of anilines is 1. The molecule has 0 aliphatic carbocycles. The van der Waals surface area contributed by atoms with Crippen LogP contribution in [-0.4, -0.2) is 33.4 Å². The van der Waals surface area contributed by atoms with E-state index in [0.717, 1.165) is 12.1 Å². The molecule has 0 radical (unpaired) electrons. The maximum absolute atomic E-state index is 12.5. The van der Waals surface area contributed by atoms with Crippen molar-refractivity contribution in [3.05, 3.63) is 53.1 Å². The number of benzene rings is 2. The van der Waals surface area contributed by atoms with Gasteiger partial charge in [-0.15, -0.1) is 5.10 Å². The van der Waals surface area contributed by atoms with Crippen LogP contribution in [0.2, 0.25) is 5.02 Å². The van der Waals surface area contributed by atoms with Gasteiger partial charge in [0, 0.05) is 10.7 Å². The zero-order valence-corrected chi connectivity index (χ0v) is 17.4. The van der Waals surface area contributed by atoms with E-state index >= 15 is 0 Å². The summed E-state index contributed by atoms with van der Waals surface area (Å²) in [7, 11) is 1.58. The molecule has 0 fully saturated rings. The summed E-state index contributed by atoms with van der Waals surface area (Å²) in [5.74, 6) is 1.06. The number of H-pyrrole nitrogens is 1. The first-order valence-corrected chi connectivity index (χ1v) is 10.1. The summed E-state index contributed by atoms with van der Waals surface area (Å²) in [6.45, 7) is 3.91. The van der Waals surface area contributed by atoms with Crippen molar-refractivity contribution >= 4 is 35.0 Å². The lowest BCUT2D eigenvalue weighted by molar-refractivity contribution is -0.115. The minimum Gasteiger partial charge on any atom is -0.496 e. The molecule has 1 aromatic heterocycles. The number of thioether (sulfide) groups is 1. The van der Waals surface area contributed by atoms with E-state index in [2.05, 4.69) is 27.4 Å². The van der Waals surface area contributed by atoms with Crippen molar-refractivity contribution in [2.24, 2.45) is 0 Å². The first-order valence-electron chi connectivity index (χ1n) is 8.83. The van der Waals surface area contributed by atoms with Crippen LogP contribution in [0.15, 0.2) is 47.6 Å². The van der Waals surface area contributed by atoms with Gasteiger partial charge in [-0.2, -0.15) is 0 Å². The van der Waals surface area contributed by atoms with Crippen LogP contribution in [0, 0.1) is 0 Å². The molecule has 8 heteroatoms. The standard InChI is InChI=1S/C20H21ClN4O2S/c1-4-13-5-8-15(9-6-13)22-19(26)12(2)28-20-23-18(24-25-20)16-11-14(21)7-10-17(16)27-3/h5-12H,4H2,1-3H3,(H,22,26)(H,23,24,25)/t12-/m1/s1. The lowest BCUT2D eigenvalue weighted by Gasteiger charge is -2.10. The number of aromatic amines is 1. The van der Waals surface area contributed by atoms with E-state index in [1.807, 2.05) is 31.2 Å². The number of nitrogens with zero attached hydrogens (tertiary/aromatic N) is 2. The minimum absolute atomic E-state index is 0.110. The minimum atomic E-state index is -0.365. The molecule has 0 aliphatic rings. The van der Waals surface area contributed by atoms with Crippen LogP contribution in [0.4, 0.5) is 5.69 Å². The summed E-state index contributed by atoms with van der Waals surface area (Å²) >= 11 is 7.35. The predicted octanol–water partition coefficient (Wildman–Crippen LogP) is 4.82. The van der Waals surface area contributed by atoms with Crippen molar-refractivity contribution in [2.45, 2.75) is 30.7 Å². The molecular weight excluding hydrogens is 396 g/mol. The van der Waals surface area contributed by atoms with E-state index in [4.69, 9.17) is 16.3 Å². The number of hydrogen-bond donors (Lipinski definition) is 2. The molecule has 6 nitrogen and oxygen atoms in total. The number of methoxy groups -OCH3 is 1. The Labute approximate surface area is 173 Å². The highest BCUT2D eigenvalue weighted by atomic mass is 35.5. The first-order chi connectivity index (χ1) is 13.5. The number of ether oxygens (including phenoxy) is 1. The van der Waals surface area contributed by atoms with E-state index in [1.54, 1.807) is 25.3 Å². The van der Waals surface area contributed by atoms with Gasteiger partial charge in [0.1, 0.15) is 5.75 Å². The highest BCUT2D eigenvalue weighted by Crippen LogP contribution is 2.31. The fourth-order valence-corrected chi connectivity index (χ4v) is 3.46. The summed E-state index contributed by atoms with van der Waals surface area (Å²) in [4.78, 5) is 16.9. The number of carbonyl (C=O) groups excluding carboxylic acids is 1. The van der Waals surface area contributed by atoms with Gasteiger partial charge in [0.25, 0.3) is 0 Å². The molecule has 0 saturated carbocycles. The average molecular weight is 417 g/mol. The molecule has 0 aliphatic heterocycles. The normalized spacial score (nSPS) is 11.9. The fourth-order valence-electron chi connectivity index (χ4n) is 2.56. The topological polar surface area (TPSA) is 79.9 Å². The van der Waals surface area contributed by atoms with Gasteiger partial charge in [0.2, 0.25) is 11.1 Å². The molecule has 1 heterocycles. The van der Waals surface area contributed by atoms with Gasteiger partial charge in [-0.05, 0) is 49.2 Å². The van der Waals surface area contributed by atoms with E-state index in [9.17, 15) is 4.79 Å². The van der Waals surface area contributed by atoms with Crippen molar-refractivity contribution in [2.75, 3.05) is 12.4 Å². The number of aryl methyl sites for hydroxylation is 1. The van der Waals surface area contributed by atoms with Crippen LogP contribution in [-0.2, 0) is 11.2 Å². The number of amides is 1. The summed E-state index contributed by atoms with van der Waals surface area (Å²) in [5.41, 5.74) is 2.71. The molecule has 0 saturated heterocycles. The van der Waals surface area contributed by atoms with Crippen LogP contribution >= 0.6 is 23.4 Å². The molecule has 0 unspecified atom stereocenters. The fraction of sp³-hybridized carbons (Fsp3) is 0.250. The zero-order chi connectivity index (χ0) is 20.1. The third kappa shape index (κ3) is 4.85. The van der Waals surface area contributed by atoms with Gasteiger partial charge in [0.15, 0.2) is 5.82 Å². The van der Waals surface area contributed by atoms with Crippen molar-refractivity contribution in [3.63, 3.8) is 0 Å². The number of nitrogens with one attached hydrogen (secondary N) is 2. The maximum atomic E-state index is 12.5. The number of halogens is 1. The Hall–Kier alpha value is -2.51. The third-order valence-electron chi connectivity index (χ3n) is 4.16. The highest BCUT2D eigenvalue weighted by molar-refractivity contribution is 8.00. The monoisotopic (exact) mass is 416 g/mol. The summed E-state index contributed by atoms with van der Waals surface area (Å²) in [5, 5.41) is 10.7. The molecule has 146 valence electrons. The Bertz CT molecular complexity index is 959. The number of rotatable bonds is 7. The molecule has 28 heavy (non-hydrogen) atoms. The van der Waals surface area contributed by atoms with Gasteiger partial charge >= 0.3 is 0 Å². The average Bonchev–Trinajstić information content (AvgIpc) is 3.16. The van der Waals surface area contributed by atoms with Gasteiger partial charge in [-0.3, -0.25) is 9.89 Å². The van der Waals surface area contributed by atoms with Crippen molar-refractivity contribution < 1.29 is 9.53 Å². The molecule has 1 amide bonds. The molecule has 2 aromatic carbocycles. The largest absolute Gasteiger partial charge is 0.496 e. The maximum Gasteiger partial charge on any atom is 0.237 e. The Balaban J connectivity index is 1.67. The second kappa shape index (κ2) is 9.12. The van der Waals surface area contributed by atoms with Crippen LogP contribution in [0.1, 0.15) is 19.4 Å². The smallest absolute Gasteiger partial charge is 0.237 e. The van der Waals surface area contributed by atoms with E-state index in [1.165, 1.54) is 17.3 Å². The molecule has 3 rings (SSSR count). The summed E-state index contributed by atoms with van der Waals surface area (Å²) < 4.78 is 5.35. The van der Waals surface area contributed by atoms with Crippen LogP contribution < -0.4 is 10.1 Å². The first kappa shape index (κ1) is 20.2. The summed E-state index contributed by atoms with van der Waals surface area (Å²) in [6.07, 6.45) is 0.963. The van der Waals surface area contributed by atoms with E-state index < -0.39 is 0 Å². The predicted molar refractivity (Wildman–Crippen MR) is 113 cm³/mol. The van der Waals surface area contributed by atoms with Crippen molar-refractivity contribution in [3.8, 4) is 17.1 Å². The van der Waals surface area contributed by atoms with Crippen molar-refractivity contribution in [1.82, 2.24) is 15.2 Å². The molecule has 0 bridgehead atoms. The molecule has 2 N–H and O–H groups in total.